The van der Waals surface area contributed by atoms with Gasteiger partial charge in [-0.1, -0.05) is 13.8 Å². The van der Waals surface area contributed by atoms with E-state index in [0.29, 0.717) is 12.5 Å². The standard InChI is InChI=1S/C9H21NO3/c1-7(2)8(6-11)10-5-9(12-3)13-4/h7-11H,5-6H2,1-4H3/t8-/m1/s1. The number of nitrogens with one attached hydrogen (secondary N) is 1. The van der Waals surface area contributed by atoms with Crippen LogP contribution < -0.4 is 5.32 Å². The molecule has 0 bridgehead atoms. The summed E-state index contributed by atoms with van der Waals surface area (Å²) in [4.78, 5) is 0. The highest BCUT2D eigenvalue weighted by Gasteiger charge is 2.13. The molecule has 0 aliphatic carbocycles. The van der Waals surface area contributed by atoms with Crippen molar-refractivity contribution in [3.63, 3.8) is 0 Å². The van der Waals surface area contributed by atoms with Crippen LogP contribution in [0.5, 0.6) is 0 Å². The predicted octanol–water partition coefficient (Wildman–Crippen LogP) is 0.212. The molecule has 0 spiro atoms. The SMILES string of the molecule is COC(CN[C@H](CO)C(C)C)OC. The van der Waals surface area contributed by atoms with Gasteiger partial charge >= 0.3 is 0 Å². The first-order valence-corrected chi connectivity index (χ1v) is 4.55. The van der Waals surface area contributed by atoms with E-state index >= 15 is 0 Å². The van der Waals surface area contributed by atoms with E-state index in [1.807, 2.05) is 0 Å². The topological polar surface area (TPSA) is 50.7 Å². The van der Waals surface area contributed by atoms with Crippen LogP contribution in [0.15, 0.2) is 0 Å². The zero-order valence-electron chi connectivity index (χ0n) is 8.91. The molecule has 0 aliphatic rings. The summed E-state index contributed by atoms with van der Waals surface area (Å²) in [6.07, 6.45) is -0.243. The average molecular weight is 191 g/mol. The molecular formula is C9H21NO3. The summed E-state index contributed by atoms with van der Waals surface area (Å²) in [6, 6.07) is 0.104. The quantitative estimate of drug-likeness (QED) is 0.565. The first-order valence-electron chi connectivity index (χ1n) is 4.55. The summed E-state index contributed by atoms with van der Waals surface area (Å²) >= 11 is 0. The lowest BCUT2D eigenvalue weighted by Gasteiger charge is -2.22. The molecule has 80 valence electrons. The molecule has 0 aromatic carbocycles. The van der Waals surface area contributed by atoms with Crippen LogP contribution in [0.4, 0.5) is 0 Å². The molecule has 0 unspecified atom stereocenters. The fourth-order valence-corrected chi connectivity index (χ4v) is 1.02. The van der Waals surface area contributed by atoms with Crippen molar-refractivity contribution < 1.29 is 14.6 Å². The number of ether oxygens (including phenoxy) is 2. The van der Waals surface area contributed by atoms with Crippen molar-refractivity contribution in [3.05, 3.63) is 0 Å². The van der Waals surface area contributed by atoms with E-state index in [4.69, 9.17) is 14.6 Å². The fraction of sp³-hybridized carbons (Fsp3) is 1.00. The Hall–Kier alpha value is -0.160. The summed E-state index contributed by atoms with van der Waals surface area (Å²) in [5.74, 6) is 0.402. The second-order valence-corrected chi connectivity index (χ2v) is 3.34. The molecular weight excluding hydrogens is 170 g/mol. The summed E-state index contributed by atoms with van der Waals surface area (Å²) in [6.45, 7) is 4.85. The van der Waals surface area contributed by atoms with Crippen LogP contribution in [-0.2, 0) is 9.47 Å². The third-order valence-corrected chi connectivity index (χ3v) is 2.07. The number of methoxy groups -OCH3 is 2. The monoisotopic (exact) mass is 191 g/mol. The first kappa shape index (κ1) is 12.8. The van der Waals surface area contributed by atoms with E-state index in [1.54, 1.807) is 14.2 Å². The summed E-state index contributed by atoms with van der Waals surface area (Å²) < 4.78 is 10.0. The van der Waals surface area contributed by atoms with E-state index in [9.17, 15) is 0 Å². The van der Waals surface area contributed by atoms with Gasteiger partial charge in [0.1, 0.15) is 0 Å². The molecule has 0 saturated carbocycles. The lowest BCUT2D eigenvalue weighted by atomic mass is 10.1. The second-order valence-electron chi connectivity index (χ2n) is 3.34. The minimum absolute atomic E-state index is 0.104. The molecule has 0 fully saturated rings. The molecule has 0 amide bonds. The van der Waals surface area contributed by atoms with Crippen molar-refractivity contribution in [1.82, 2.24) is 5.32 Å². The Morgan fingerprint density at radius 2 is 1.77 bits per heavy atom. The van der Waals surface area contributed by atoms with Crippen LogP contribution in [0.25, 0.3) is 0 Å². The minimum Gasteiger partial charge on any atom is -0.395 e. The van der Waals surface area contributed by atoms with Gasteiger partial charge in [0.25, 0.3) is 0 Å². The molecule has 0 saturated heterocycles. The Balaban J connectivity index is 3.69. The highest BCUT2D eigenvalue weighted by Crippen LogP contribution is 2.00. The zero-order chi connectivity index (χ0) is 10.3. The molecule has 4 heteroatoms. The number of hydrogen-bond donors (Lipinski definition) is 2. The predicted molar refractivity (Wildman–Crippen MR) is 51.5 cm³/mol. The molecule has 4 nitrogen and oxygen atoms in total. The van der Waals surface area contributed by atoms with Crippen molar-refractivity contribution in [1.29, 1.82) is 0 Å². The lowest BCUT2D eigenvalue weighted by Crippen LogP contribution is -2.42. The number of rotatable bonds is 7. The highest BCUT2D eigenvalue weighted by molar-refractivity contribution is 4.69. The van der Waals surface area contributed by atoms with Gasteiger partial charge in [-0.15, -0.1) is 0 Å². The normalized spacial score (nSPS) is 14.1. The lowest BCUT2D eigenvalue weighted by molar-refractivity contribution is -0.101. The average Bonchev–Trinajstić information content (AvgIpc) is 2.12. The number of aliphatic hydroxyl groups is 1. The van der Waals surface area contributed by atoms with Crippen LogP contribution in [-0.4, -0.2) is 44.8 Å². The van der Waals surface area contributed by atoms with Crippen LogP contribution in [0.2, 0.25) is 0 Å². The Morgan fingerprint density at radius 1 is 1.23 bits per heavy atom. The van der Waals surface area contributed by atoms with Gasteiger partial charge in [-0.25, -0.2) is 0 Å². The molecule has 0 radical (unpaired) electrons. The highest BCUT2D eigenvalue weighted by atomic mass is 16.7. The van der Waals surface area contributed by atoms with Gasteiger partial charge < -0.3 is 19.9 Å². The minimum atomic E-state index is -0.243. The maximum absolute atomic E-state index is 9.01. The van der Waals surface area contributed by atoms with Gasteiger partial charge in [0.2, 0.25) is 0 Å². The Bertz CT molecular complexity index is 115. The first-order chi connectivity index (χ1) is 6.15. The van der Waals surface area contributed by atoms with Gasteiger partial charge in [-0.2, -0.15) is 0 Å². The van der Waals surface area contributed by atoms with Crippen molar-refractivity contribution >= 4 is 0 Å². The van der Waals surface area contributed by atoms with Gasteiger partial charge in [0, 0.05) is 26.8 Å². The molecule has 0 heterocycles. The summed E-state index contributed by atoms with van der Waals surface area (Å²) in [5.41, 5.74) is 0. The summed E-state index contributed by atoms with van der Waals surface area (Å²) in [7, 11) is 3.19. The fourth-order valence-electron chi connectivity index (χ4n) is 1.02. The molecule has 0 aromatic rings. The van der Waals surface area contributed by atoms with E-state index in [1.165, 1.54) is 0 Å². The summed E-state index contributed by atoms with van der Waals surface area (Å²) in [5, 5.41) is 12.2. The Morgan fingerprint density at radius 3 is 2.08 bits per heavy atom. The molecule has 13 heavy (non-hydrogen) atoms. The molecule has 1 atom stereocenters. The Kier molecular flexibility index (Phi) is 7.17. The second kappa shape index (κ2) is 7.26. The van der Waals surface area contributed by atoms with E-state index in [2.05, 4.69) is 19.2 Å². The molecule has 2 N–H and O–H groups in total. The molecule has 0 rings (SSSR count). The van der Waals surface area contributed by atoms with E-state index in [-0.39, 0.29) is 18.9 Å². The maximum atomic E-state index is 9.01. The third-order valence-electron chi connectivity index (χ3n) is 2.07. The molecule has 0 aliphatic heterocycles. The van der Waals surface area contributed by atoms with Crippen molar-refractivity contribution in [2.24, 2.45) is 5.92 Å². The largest absolute Gasteiger partial charge is 0.395 e. The van der Waals surface area contributed by atoms with Crippen molar-refractivity contribution in [2.75, 3.05) is 27.4 Å². The van der Waals surface area contributed by atoms with Gasteiger partial charge in [-0.3, -0.25) is 0 Å². The molecule has 0 aromatic heterocycles. The van der Waals surface area contributed by atoms with Crippen LogP contribution in [0.1, 0.15) is 13.8 Å². The van der Waals surface area contributed by atoms with Crippen molar-refractivity contribution in [2.45, 2.75) is 26.2 Å². The van der Waals surface area contributed by atoms with Gasteiger partial charge in [0.15, 0.2) is 6.29 Å². The van der Waals surface area contributed by atoms with E-state index < -0.39 is 0 Å². The maximum Gasteiger partial charge on any atom is 0.169 e. The van der Waals surface area contributed by atoms with Gasteiger partial charge in [-0.05, 0) is 5.92 Å². The number of hydrogen-bond acceptors (Lipinski definition) is 4. The zero-order valence-corrected chi connectivity index (χ0v) is 8.91. The third kappa shape index (κ3) is 5.21. The smallest absolute Gasteiger partial charge is 0.169 e. The van der Waals surface area contributed by atoms with Crippen LogP contribution >= 0.6 is 0 Å². The van der Waals surface area contributed by atoms with Crippen LogP contribution in [0, 0.1) is 5.92 Å². The van der Waals surface area contributed by atoms with Gasteiger partial charge in [0.05, 0.1) is 6.61 Å². The Labute approximate surface area is 80.2 Å². The van der Waals surface area contributed by atoms with Crippen molar-refractivity contribution in [3.8, 4) is 0 Å². The van der Waals surface area contributed by atoms with Crippen LogP contribution in [0.3, 0.4) is 0 Å². The van der Waals surface area contributed by atoms with E-state index in [0.717, 1.165) is 0 Å². The number of aliphatic hydroxyl groups excluding tert-OH is 1.